The quantitative estimate of drug-likeness (QED) is 0.384. The minimum Gasteiger partial charge on any atom is -0.466 e. The Kier molecular flexibility index (Phi) is 4.29. The normalized spacial score (nSPS) is 19.6. The first-order valence-electron chi connectivity index (χ1n) is 6.45. The molecule has 0 radical (unpaired) electrons. The molecule has 23 heavy (non-hydrogen) atoms. The molecular weight excluding hydrogens is 322 g/mol. The van der Waals surface area contributed by atoms with Crippen LogP contribution in [0.3, 0.4) is 0 Å². The number of fused-ring (bicyclic) bond motifs is 1. The summed E-state index contributed by atoms with van der Waals surface area (Å²) in [6, 6.07) is 5.36. The molecule has 0 atom stereocenters. The average molecular weight is 333 g/mol. The molecule has 0 saturated carbocycles. The van der Waals surface area contributed by atoms with Gasteiger partial charge in [-0.15, -0.1) is 5.10 Å². The van der Waals surface area contributed by atoms with Gasteiger partial charge >= 0.3 is 5.97 Å². The number of methoxy groups -OCH3 is 1. The highest BCUT2D eigenvalue weighted by molar-refractivity contribution is 8.18. The zero-order chi connectivity index (χ0) is 16.2. The predicted molar refractivity (Wildman–Crippen MR) is 83.4 cm³/mol. The van der Waals surface area contributed by atoms with Gasteiger partial charge in [-0.2, -0.15) is 5.10 Å². The number of rotatable bonds is 3. The van der Waals surface area contributed by atoms with Crippen LogP contribution in [0.5, 0.6) is 11.5 Å². The highest BCUT2D eigenvalue weighted by Crippen LogP contribution is 2.32. The third-order valence-electron chi connectivity index (χ3n) is 2.85. The summed E-state index contributed by atoms with van der Waals surface area (Å²) in [7, 11) is 1.24. The maximum atomic E-state index is 11.6. The van der Waals surface area contributed by atoms with Gasteiger partial charge < -0.3 is 14.2 Å². The lowest BCUT2D eigenvalue weighted by Gasteiger charge is -1.96. The number of benzene rings is 1. The van der Waals surface area contributed by atoms with E-state index < -0.39 is 11.9 Å². The largest absolute Gasteiger partial charge is 0.466 e. The number of nitrogens with one attached hydrogen (secondary N) is 1. The Morgan fingerprint density at radius 3 is 3.04 bits per heavy atom. The Bertz CT molecular complexity index is 757. The van der Waals surface area contributed by atoms with E-state index in [1.54, 1.807) is 18.2 Å². The molecule has 2 heterocycles. The van der Waals surface area contributed by atoms with E-state index in [4.69, 9.17) is 9.47 Å². The molecule has 1 N–H and O–H groups in total. The summed E-state index contributed by atoms with van der Waals surface area (Å²) in [5.41, 5.74) is 0.776. The molecule has 8 nitrogen and oxygen atoms in total. The van der Waals surface area contributed by atoms with E-state index in [1.807, 2.05) is 0 Å². The second-order valence-corrected chi connectivity index (χ2v) is 5.38. The monoisotopic (exact) mass is 333 g/mol. The fourth-order valence-electron chi connectivity index (χ4n) is 1.78. The molecule has 1 aromatic carbocycles. The second-order valence-electron chi connectivity index (χ2n) is 4.35. The summed E-state index contributed by atoms with van der Waals surface area (Å²) < 4.78 is 14.9. The molecule has 1 saturated heterocycles. The van der Waals surface area contributed by atoms with Gasteiger partial charge in [0.2, 0.25) is 6.79 Å². The zero-order valence-corrected chi connectivity index (χ0v) is 12.8. The topological polar surface area (TPSA) is 98.6 Å². The van der Waals surface area contributed by atoms with Gasteiger partial charge in [-0.1, -0.05) is 0 Å². The lowest BCUT2D eigenvalue weighted by atomic mass is 10.2. The van der Waals surface area contributed by atoms with E-state index in [2.05, 4.69) is 20.3 Å². The van der Waals surface area contributed by atoms with Crippen molar-refractivity contribution in [3.63, 3.8) is 0 Å². The van der Waals surface area contributed by atoms with Crippen molar-refractivity contribution in [2.24, 2.45) is 10.2 Å². The Hall–Kier alpha value is -2.81. The standard InChI is InChI=1S/C14H11N3O5S/c1-20-12(18)5-11-13(19)16-14(23-11)17-15-6-8-2-3-9-10(4-8)22-7-21-9/h2-6H,7H2,1H3,(H,16,17,19)/b11-5+,15-6+. The van der Waals surface area contributed by atoms with Crippen molar-refractivity contribution < 1.29 is 23.8 Å². The molecule has 118 valence electrons. The van der Waals surface area contributed by atoms with E-state index in [1.165, 1.54) is 13.3 Å². The molecule has 0 spiro atoms. The smallest absolute Gasteiger partial charge is 0.331 e. The van der Waals surface area contributed by atoms with Crippen LogP contribution < -0.4 is 14.8 Å². The summed E-state index contributed by atoms with van der Waals surface area (Å²) in [6.07, 6.45) is 2.62. The maximum absolute atomic E-state index is 11.6. The SMILES string of the molecule is COC(=O)/C=C1/S/C(=N/N=C/c2ccc3c(c2)OCO3)NC1=O. The maximum Gasteiger partial charge on any atom is 0.331 e. The lowest BCUT2D eigenvalue weighted by molar-refractivity contribution is -0.135. The summed E-state index contributed by atoms with van der Waals surface area (Å²) in [5, 5.41) is 10.6. The van der Waals surface area contributed by atoms with Crippen LogP contribution in [0.1, 0.15) is 5.56 Å². The van der Waals surface area contributed by atoms with Gasteiger partial charge in [0.1, 0.15) is 0 Å². The van der Waals surface area contributed by atoms with Gasteiger partial charge in [0.05, 0.1) is 18.2 Å². The van der Waals surface area contributed by atoms with Gasteiger partial charge in [0, 0.05) is 6.08 Å². The number of carbonyl (C=O) groups is 2. The van der Waals surface area contributed by atoms with Crippen LogP contribution >= 0.6 is 11.8 Å². The van der Waals surface area contributed by atoms with Crippen molar-refractivity contribution in [2.45, 2.75) is 0 Å². The molecule has 1 amide bonds. The van der Waals surface area contributed by atoms with Crippen molar-refractivity contribution in [1.82, 2.24) is 5.32 Å². The minimum atomic E-state index is -0.604. The highest BCUT2D eigenvalue weighted by atomic mass is 32.2. The van der Waals surface area contributed by atoms with Crippen LogP contribution in [0.2, 0.25) is 0 Å². The number of nitrogens with zero attached hydrogens (tertiary/aromatic N) is 2. The number of carbonyl (C=O) groups excluding carboxylic acids is 2. The third kappa shape index (κ3) is 3.51. The molecule has 0 bridgehead atoms. The zero-order valence-electron chi connectivity index (χ0n) is 11.9. The predicted octanol–water partition coefficient (Wildman–Crippen LogP) is 1.03. The molecule has 1 fully saturated rings. The van der Waals surface area contributed by atoms with Crippen molar-refractivity contribution in [3.05, 3.63) is 34.7 Å². The molecule has 0 unspecified atom stereocenters. The first kappa shape index (κ1) is 15.1. The Morgan fingerprint density at radius 2 is 2.22 bits per heavy atom. The summed E-state index contributed by atoms with van der Waals surface area (Å²) >= 11 is 1.01. The number of hydrogen-bond donors (Lipinski definition) is 1. The Balaban J connectivity index is 1.67. The molecule has 9 heteroatoms. The van der Waals surface area contributed by atoms with E-state index in [0.717, 1.165) is 23.4 Å². The van der Waals surface area contributed by atoms with E-state index in [-0.39, 0.29) is 16.9 Å². The van der Waals surface area contributed by atoms with Gasteiger partial charge in [0.15, 0.2) is 16.7 Å². The van der Waals surface area contributed by atoms with Crippen LogP contribution in [-0.4, -0.2) is 37.2 Å². The number of thioether (sulfide) groups is 1. The van der Waals surface area contributed by atoms with Crippen LogP contribution in [-0.2, 0) is 14.3 Å². The van der Waals surface area contributed by atoms with Crippen molar-refractivity contribution >= 4 is 35.0 Å². The summed E-state index contributed by atoms with van der Waals surface area (Å²) in [5.74, 6) is 0.309. The van der Waals surface area contributed by atoms with Gasteiger partial charge in [-0.25, -0.2) is 4.79 Å². The number of amides is 1. The number of hydrogen-bond acceptors (Lipinski definition) is 8. The third-order valence-corrected chi connectivity index (χ3v) is 3.75. The Labute approximate surface area is 135 Å². The van der Waals surface area contributed by atoms with Crippen LogP contribution in [0.25, 0.3) is 0 Å². The van der Waals surface area contributed by atoms with Crippen LogP contribution in [0, 0.1) is 0 Å². The highest BCUT2D eigenvalue weighted by Gasteiger charge is 2.25. The minimum absolute atomic E-state index is 0.203. The molecule has 2 aliphatic rings. The fourth-order valence-corrected chi connectivity index (χ4v) is 2.52. The molecule has 0 aliphatic carbocycles. The summed E-state index contributed by atoms with van der Waals surface area (Å²) in [4.78, 5) is 23.0. The van der Waals surface area contributed by atoms with Crippen molar-refractivity contribution in [1.29, 1.82) is 0 Å². The molecular formula is C14H11N3O5S. The van der Waals surface area contributed by atoms with Crippen molar-refractivity contribution in [3.8, 4) is 11.5 Å². The van der Waals surface area contributed by atoms with Gasteiger partial charge in [-0.05, 0) is 35.5 Å². The van der Waals surface area contributed by atoms with Gasteiger partial charge in [-0.3, -0.25) is 10.1 Å². The van der Waals surface area contributed by atoms with E-state index in [9.17, 15) is 9.59 Å². The molecule has 3 rings (SSSR count). The number of esters is 1. The molecule has 2 aliphatic heterocycles. The molecule has 0 aromatic heterocycles. The number of amidine groups is 1. The van der Waals surface area contributed by atoms with E-state index in [0.29, 0.717) is 11.5 Å². The Morgan fingerprint density at radius 1 is 1.39 bits per heavy atom. The van der Waals surface area contributed by atoms with Crippen LogP contribution in [0.15, 0.2) is 39.4 Å². The summed E-state index contributed by atoms with van der Waals surface area (Å²) in [6.45, 7) is 0.205. The first-order valence-corrected chi connectivity index (χ1v) is 7.27. The van der Waals surface area contributed by atoms with E-state index >= 15 is 0 Å². The van der Waals surface area contributed by atoms with Crippen molar-refractivity contribution in [2.75, 3.05) is 13.9 Å². The average Bonchev–Trinajstić information content (AvgIpc) is 3.14. The lowest BCUT2D eigenvalue weighted by Crippen LogP contribution is -2.19. The second kappa shape index (κ2) is 6.53. The number of ether oxygens (including phenoxy) is 3. The molecule has 1 aromatic rings. The first-order chi connectivity index (χ1) is 11.2. The van der Waals surface area contributed by atoms with Crippen LogP contribution in [0.4, 0.5) is 0 Å². The van der Waals surface area contributed by atoms with Gasteiger partial charge in [0.25, 0.3) is 5.91 Å². The fraction of sp³-hybridized carbons (Fsp3) is 0.143.